The van der Waals surface area contributed by atoms with Gasteiger partial charge >= 0.3 is 0 Å². The maximum Gasteiger partial charge on any atom is 0.231 e. The van der Waals surface area contributed by atoms with E-state index in [2.05, 4.69) is 0 Å². The van der Waals surface area contributed by atoms with Crippen LogP contribution in [0.3, 0.4) is 0 Å². The van der Waals surface area contributed by atoms with Gasteiger partial charge in [0.1, 0.15) is 0 Å². The van der Waals surface area contributed by atoms with Crippen LogP contribution in [0.5, 0.6) is 0 Å². The van der Waals surface area contributed by atoms with Gasteiger partial charge in [0.15, 0.2) is 0 Å². The summed E-state index contributed by atoms with van der Waals surface area (Å²) >= 11 is 0. The lowest BCUT2D eigenvalue weighted by Crippen LogP contribution is -2.52. The zero-order chi connectivity index (χ0) is 13.8. The zero-order valence-electron chi connectivity index (χ0n) is 11.4. The van der Waals surface area contributed by atoms with Crippen molar-refractivity contribution >= 4 is 11.8 Å². The van der Waals surface area contributed by atoms with E-state index in [0.717, 1.165) is 19.4 Å². The molecule has 0 saturated carbocycles. The van der Waals surface area contributed by atoms with Gasteiger partial charge < -0.3 is 15.4 Å². The fourth-order valence-electron chi connectivity index (χ4n) is 2.55. The molecule has 1 heterocycles. The third-order valence-corrected chi connectivity index (χ3v) is 3.48. The molecule has 0 bridgehead atoms. The molecule has 0 spiro atoms. The fourth-order valence-corrected chi connectivity index (χ4v) is 2.55. The average molecular weight is 257 g/mol. The Hall–Kier alpha value is -1.14. The summed E-state index contributed by atoms with van der Waals surface area (Å²) < 4.78 is 5.26. The smallest absolute Gasteiger partial charge is 0.231 e. The zero-order valence-corrected chi connectivity index (χ0v) is 11.4. The molecule has 6 heteroatoms. The first-order chi connectivity index (χ1) is 8.41. The van der Waals surface area contributed by atoms with Crippen molar-refractivity contribution in [3.05, 3.63) is 0 Å². The van der Waals surface area contributed by atoms with Gasteiger partial charge in [-0.25, -0.2) is 0 Å². The number of nitrogens with two attached hydrogens (primary N) is 1. The van der Waals surface area contributed by atoms with Crippen LogP contribution in [0.4, 0.5) is 0 Å². The van der Waals surface area contributed by atoms with E-state index in [4.69, 9.17) is 10.5 Å². The summed E-state index contributed by atoms with van der Waals surface area (Å²) in [5.74, 6) is -0.321. The molecule has 6 nitrogen and oxygen atoms in total. The normalized spacial score (nSPS) is 24.2. The highest BCUT2D eigenvalue weighted by molar-refractivity contribution is 5.78. The molecule has 1 fully saturated rings. The van der Waals surface area contributed by atoms with E-state index >= 15 is 0 Å². The second kappa shape index (κ2) is 6.15. The molecule has 1 aliphatic heterocycles. The van der Waals surface area contributed by atoms with Gasteiger partial charge in [-0.3, -0.25) is 14.5 Å². The van der Waals surface area contributed by atoms with Gasteiger partial charge in [-0.1, -0.05) is 0 Å². The monoisotopic (exact) mass is 257 g/mol. The number of carbonyl (C=O) groups excluding carboxylic acids is 2. The van der Waals surface area contributed by atoms with Crippen LogP contribution in [0.25, 0.3) is 0 Å². The van der Waals surface area contributed by atoms with Crippen LogP contribution in [0.1, 0.15) is 19.3 Å². The van der Waals surface area contributed by atoms with Crippen LogP contribution in [0.15, 0.2) is 0 Å². The van der Waals surface area contributed by atoms with Crippen molar-refractivity contribution in [1.82, 2.24) is 9.80 Å². The summed E-state index contributed by atoms with van der Waals surface area (Å²) in [7, 11) is 5.08. The van der Waals surface area contributed by atoms with Crippen LogP contribution >= 0.6 is 0 Å². The molecule has 104 valence electrons. The fraction of sp³-hybridized carbons (Fsp3) is 0.833. The number of carbonyl (C=O) groups is 2. The molecule has 0 aromatic carbocycles. The second-order valence-corrected chi connectivity index (χ2v) is 5.11. The van der Waals surface area contributed by atoms with Gasteiger partial charge in [-0.05, 0) is 19.4 Å². The Kier molecular flexibility index (Phi) is 5.10. The minimum Gasteiger partial charge on any atom is -0.383 e. The van der Waals surface area contributed by atoms with Gasteiger partial charge in [0.25, 0.3) is 0 Å². The first kappa shape index (κ1) is 14.9. The summed E-state index contributed by atoms with van der Waals surface area (Å²) in [5.41, 5.74) is 4.88. The molecule has 1 atom stereocenters. The Balaban J connectivity index is 2.83. The number of amides is 2. The molecular formula is C12H23N3O3. The number of nitrogens with zero attached hydrogens (tertiary/aromatic N) is 2. The van der Waals surface area contributed by atoms with E-state index < -0.39 is 0 Å². The minimum absolute atomic E-state index is 0.0448. The van der Waals surface area contributed by atoms with Gasteiger partial charge in [0, 0.05) is 27.6 Å². The van der Waals surface area contributed by atoms with Gasteiger partial charge in [0.05, 0.1) is 18.7 Å². The maximum atomic E-state index is 11.9. The highest BCUT2D eigenvalue weighted by atomic mass is 16.5. The van der Waals surface area contributed by atoms with Crippen molar-refractivity contribution in [2.24, 2.45) is 5.73 Å². The lowest BCUT2D eigenvalue weighted by atomic mass is 9.92. The molecule has 2 N–H and O–H groups in total. The molecule has 1 rings (SSSR count). The van der Waals surface area contributed by atoms with E-state index in [1.807, 2.05) is 4.90 Å². The average Bonchev–Trinajstić information content (AvgIpc) is 2.61. The predicted octanol–water partition coefficient (Wildman–Crippen LogP) is -0.569. The van der Waals surface area contributed by atoms with Gasteiger partial charge in [0.2, 0.25) is 11.8 Å². The maximum absolute atomic E-state index is 11.9. The first-order valence-electron chi connectivity index (χ1n) is 6.14. The highest BCUT2D eigenvalue weighted by Crippen LogP contribution is 2.33. The molecule has 0 aliphatic carbocycles. The molecule has 1 unspecified atom stereocenters. The number of hydrogen-bond acceptors (Lipinski definition) is 4. The lowest BCUT2D eigenvalue weighted by molar-refractivity contribution is -0.134. The van der Waals surface area contributed by atoms with Crippen molar-refractivity contribution in [2.75, 3.05) is 40.9 Å². The summed E-state index contributed by atoms with van der Waals surface area (Å²) in [4.78, 5) is 26.6. The standard InChI is InChI=1S/C12H23N3O3/c1-14(2)11(17)7-12(9-18-3)5-4-6-15(12)8-10(13)16/h4-9H2,1-3H3,(H2,13,16). The Morgan fingerprint density at radius 2 is 2.11 bits per heavy atom. The first-order valence-corrected chi connectivity index (χ1v) is 6.14. The summed E-state index contributed by atoms with van der Waals surface area (Å²) in [6.07, 6.45) is 2.17. The van der Waals surface area contributed by atoms with Crippen LogP contribution in [-0.2, 0) is 14.3 Å². The lowest BCUT2D eigenvalue weighted by Gasteiger charge is -2.37. The van der Waals surface area contributed by atoms with Crippen LogP contribution < -0.4 is 5.73 Å². The number of ether oxygens (including phenoxy) is 1. The summed E-state index contributed by atoms with van der Waals surface area (Å²) in [6.45, 7) is 1.41. The SMILES string of the molecule is COCC1(CC(=O)N(C)C)CCCN1CC(N)=O. The molecule has 0 radical (unpaired) electrons. The van der Waals surface area contributed by atoms with Crippen molar-refractivity contribution in [1.29, 1.82) is 0 Å². The van der Waals surface area contributed by atoms with Crippen LogP contribution in [-0.4, -0.2) is 68.1 Å². The predicted molar refractivity (Wildman–Crippen MR) is 67.9 cm³/mol. The molecule has 1 saturated heterocycles. The third-order valence-electron chi connectivity index (χ3n) is 3.48. The van der Waals surface area contributed by atoms with Crippen molar-refractivity contribution in [3.63, 3.8) is 0 Å². The van der Waals surface area contributed by atoms with Gasteiger partial charge in [-0.15, -0.1) is 0 Å². The highest BCUT2D eigenvalue weighted by Gasteiger charge is 2.43. The minimum atomic E-state index is -0.384. The van der Waals surface area contributed by atoms with Gasteiger partial charge in [-0.2, -0.15) is 0 Å². The summed E-state index contributed by atoms with van der Waals surface area (Å²) in [6, 6.07) is 0. The Bertz CT molecular complexity index is 320. The Morgan fingerprint density at radius 1 is 1.44 bits per heavy atom. The number of hydrogen-bond donors (Lipinski definition) is 1. The van der Waals surface area contributed by atoms with E-state index in [0.29, 0.717) is 13.0 Å². The van der Waals surface area contributed by atoms with E-state index in [1.165, 1.54) is 0 Å². The molecule has 0 aromatic heterocycles. The molecule has 0 aromatic rings. The van der Waals surface area contributed by atoms with Crippen molar-refractivity contribution < 1.29 is 14.3 Å². The largest absolute Gasteiger partial charge is 0.383 e. The van der Waals surface area contributed by atoms with Crippen LogP contribution in [0, 0.1) is 0 Å². The summed E-state index contributed by atoms with van der Waals surface area (Å²) in [5, 5.41) is 0. The number of likely N-dealkylation sites (tertiary alicyclic amines) is 1. The second-order valence-electron chi connectivity index (χ2n) is 5.11. The number of primary amides is 1. The quantitative estimate of drug-likeness (QED) is 0.691. The van der Waals surface area contributed by atoms with Crippen molar-refractivity contribution in [2.45, 2.75) is 24.8 Å². The van der Waals surface area contributed by atoms with E-state index in [-0.39, 0.29) is 23.9 Å². The number of rotatable bonds is 6. The van der Waals surface area contributed by atoms with E-state index in [9.17, 15) is 9.59 Å². The Morgan fingerprint density at radius 3 is 2.61 bits per heavy atom. The molecule has 2 amide bonds. The van der Waals surface area contributed by atoms with E-state index in [1.54, 1.807) is 26.1 Å². The Labute approximate surface area is 108 Å². The molecule has 18 heavy (non-hydrogen) atoms. The third kappa shape index (κ3) is 3.43. The van der Waals surface area contributed by atoms with Crippen molar-refractivity contribution in [3.8, 4) is 0 Å². The topological polar surface area (TPSA) is 75.9 Å². The molecular weight excluding hydrogens is 234 g/mol. The van der Waals surface area contributed by atoms with Crippen LogP contribution in [0.2, 0.25) is 0 Å². The number of methoxy groups -OCH3 is 1. The molecule has 1 aliphatic rings.